The van der Waals surface area contributed by atoms with E-state index in [-0.39, 0.29) is 24.4 Å². The van der Waals surface area contributed by atoms with Crippen LogP contribution in [0, 0.1) is 18.8 Å². The van der Waals surface area contributed by atoms with Gasteiger partial charge in [-0.2, -0.15) is 5.10 Å². The topological polar surface area (TPSA) is 173 Å². The number of carbonyl (C=O) groups excluding carboxylic acids is 3. The molecule has 3 heterocycles. The van der Waals surface area contributed by atoms with E-state index in [9.17, 15) is 18.6 Å². The molecular weight excluding hydrogens is 657 g/mol. The zero-order chi connectivity index (χ0) is 35.5. The number of benzene rings is 2. The maximum atomic E-state index is 14.3. The molecule has 2 amide bonds. The van der Waals surface area contributed by atoms with Crippen molar-refractivity contribution < 1.29 is 23.3 Å². The third-order valence-corrected chi connectivity index (χ3v) is 9.56. The van der Waals surface area contributed by atoms with Crippen LogP contribution in [0.15, 0.2) is 96.5 Å². The van der Waals surface area contributed by atoms with E-state index in [1.54, 1.807) is 80.0 Å². The summed E-state index contributed by atoms with van der Waals surface area (Å²) in [5, 5.41) is 11.7. The van der Waals surface area contributed by atoms with Crippen LogP contribution in [0.3, 0.4) is 0 Å². The van der Waals surface area contributed by atoms with Crippen LogP contribution in [-0.4, -0.2) is 71.8 Å². The molecule has 5 rings (SSSR count). The fourth-order valence-corrected chi connectivity index (χ4v) is 6.76. The van der Waals surface area contributed by atoms with Crippen molar-refractivity contribution in [3.05, 3.63) is 125 Å². The SMILES string of the molecule is COC(=O)C(Cc1cnc[nH]1)NCCC=S(=O)(NC(=O)c1cncc(C#Cc2cccc(NC(=O)c3cc(C)nn3C)c2)c1)c1ccccc1. The van der Waals surface area contributed by atoms with E-state index < -0.39 is 27.6 Å². The number of H-pyrrole nitrogens is 1. The van der Waals surface area contributed by atoms with Crippen LogP contribution in [0.1, 0.15) is 49.8 Å². The van der Waals surface area contributed by atoms with Gasteiger partial charge in [0.1, 0.15) is 11.7 Å². The zero-order valence-electron chi connectivity index (χ0n) is 27.7. The molecule has 0 saturated carbocycles. The number of hydrogen-bond acceptors (Lipinski definition) is 9. The second-order valence-electron chi connectivity index (χ2n) is 11.2. The van der Waals surface area contributed by atoms with Gasteiger partial charge in [0, 0.05) is 66.0 Å². The molecule has 0 aliphatic rings. The van der Waals surface area contributed by atoms with Crippen molar-refractivity contribution in [1.29, 1.82) is 0 Å². The smallest absolute Gasteiger partial charge is 0.323 e. The molecule has 2 atom stereocenters. The van der Waals surface area contributed by atoms with Gasteiger partial charge in [-0.15, -0.1) is 0 Å². The summed E-state index contributed by atoms with van der Waals surface area (Å²) in [6, 6.07) is 18.3. The largest absolute Gasteiger partial charge is 0.468 e. The lowest BCUT2D eigenvalue weighted by atomic mass is 10.1. The van der Waals surface area contributed by atoms with Gasteiger partial charge in [0.15, 0.2) is 0 Å². The molecule has 5 aromatic rings. The molecule has 2 aromatic carbocycles. The van der Waals surface area contributed by atoms with E-state index in [4.69, 9.17) is 4.74 Å². The number of esters is 1. The summed E-state index contributed by atoms with van der Waals surface area (Å²) in [7, 11) is -0.174. The minimum atomic E-state index is -3.19. The number of aryl methyl sites for hydroxylation is 2. The normalized spacial score (nSPS) is 12.5. The average Bonchev–Trinajstić information content (AvgIpc) is 3.77. The lowest BCUT2D eigenvalue weighted by molar-refractivity contribution is -0.143. The lowest BCUT2D eigenvalue weighted by Gasteiger charge is -2.16. The molecule has 0 fully saturated rings. The minimum Gasteiger partial charge on any atom is -0.468 e. The number of pyridine rings is 1. The van der Waals surface area contributed by atoms with Crippen molar-refractivity contribution in [2.24, 2.45) is 7.05 Å². The van der Waals surface area contributed by atoms with Crippen LogP contribution in [0.5, 0.6) is 0 Å². The summed E-state index contributed by atoms with van der Waals surface area (Å²) in [5.74, 6) is 4.71. The minimum absolute atomic E-state index is 0.171. The maximum absolute atomic E-state index is 14.3. The van der Waals surface area contributed by atoms with Crippen LogP contribution in [-0.2, 0) is 32.7 Å². The number of hydrogen-bond donors (Lipinski definition) is 4. The molecule has 256 valence electrons. The van der Waals surface area contributed by atoms with Crippen molar-refractivity contribution in [2.45, 2.75) is 30.7 Å². The fourth-order valence-electron chi connectivity index (χ4n) is 4.97. The molecule has 14 heteroatoms. The summed E-state index contributed by atoms with van der Waals surface area (Å²) in [4.78, 5) is 50.1. The predicted octanol–water partition coefficient (Wildman–Crippen LogP) is 3.05. The first-order valence-corrected chi connectivity index (χ1v) is 17.2. The first kappa shape index (κ1) is 35.3. The van der Waals surface area contributed by atoms with Gasteiger partial charge in [-0.25, -0.2) is 9.19 Å². The predicted molar refractivity (Wildman–Crippen MR) is 190 cm³/mol. The van der Waals surface area contributed by atoms with Crippen molar-refractivity contribution in [1.82, 2.24) is 34.8 Å². The van der Waals surface area contributed by atoms with E-state index >= 15 is 0 Å². The Bertz CT molecular complexity index is 2160. The van der Waals surface area contributed by atoms with Crippen molar-refractivity contribution in [2.75, 3.05) is 19.0 Å². The Morgan fingerprint density at radius 3 is 2.50 bits per heavy atom. The second-order valence-corrected chi connectivity index (χ2v) is 13.4. The number of methoxy groups -OCH3 is 1. The molecule has 0 radical (unpaired) electrons. The van der Waals surface area contributed by atoms with Crippen molar-refractivity contribution in [3.8, 4) is 11.8 Å². The van der Waals surface area contributed by atoms with E-state index in [0.717, 1.165) is 11.4 Å². The van der Waals surface area contributed by atoms with Gasteiger partial charge in [0.05, 0.1) is 34.4 Å². The highest BCUT2D eigenvalue weighted by Crippen LogP contribution is 2.14. The third-order valence-electron chi connectivity index (χ3n) is 7.40. The van der Waals surface area contributed by atoms with Crippen LogP contribution >= 0.6 is 0 Å². The Hall–Kier alpha value is -6.04. The number of carbonyl (C=O) groups is 3. The Labute approximate surface area is 290 Å². The number of aromatic nitrogens is 5. The number of imidazole rings is 1. The highest BCUT2D eigenvalue weighted by atomic mass is 32.2. The molecule has 0 bridgehead atoms. The van der Waals surface area contributed by atoms with E-state index in [1.165, 1.54) is 35.9 Å². The maximum Gasteiger partial charge on any atom is 0.323 e. The molecule has 3 aromatic heterocycles. The molecule has 0 spiro atoms. The molecule has 4 N–H and O–H groups in total. The fraction of sp³-hybridized carbons (Fsp3) is 0.194. The van der Waals surface area contributed by atoms with Crippen LogP contribution < -0.4 is 15.4 Å². The van der Waals surface area contributed by atoms with Gasteiger partial charge < -0.3 is 20.4 Å². The number of nitrogens with zero attached hydrogens (tertiary/aromatic N) is 4. The first-order chi connectivity index (χ1) is 24.1. The van der Waals surface area contributed by atoms with Gasteiger partial charge in [0.2, 0.25) is 0 Å². The average molecular weight is 693 g/mol. The van der Waals surface area contributed by atoms with Crippen LogP contribution in [0.25, 0.3) is 0 Å². The highest BCUT2D eigenvalue weighted by molar-refractivity contribution is 8.00. The Kier molecular flexibility index (Phi) is 11.6. The third kappa shape index (κ3) is 9.31. The molecule has 0 aliphatic heterocycles. The van der Waals surface area contributed by atoms with Gasteiger partial charge >= 0.3 is 5.97 Å². The van der Waals surface area contributed by atoms with Crippen molar-refractivity contribution >= 4 is 38.5 Å². The first-order valence-electron chi connectivity index (χ1n) is 15.6. The number of nitrogens with one attached hydrogen (secondary N) is 4. The molecule has 50 heavy (non-hydrogen) atoms. The van der Waals surface area contributed by atoms with E-state index in [2.05, 4.69) is 47.2 Å². The number of anilines is 1. The summed E-state index contributed by atoms with van der Waals surface area (Å²) in [6.45, 7) is 2.10. The zero-order valence-corrected chi connectivity index (χ0v) is 28.5. The van der Waals surface area contributed by atoms with Crippen LogP contribution in [0.2, 0.25) is 0 Å². The van der Waals surface area contributed by atoms with E-state index in [1.807, 2.05) is 6.92 Å². The Balaban J connectivity index is 1.28. The Morgan fingerprint density at radius 2 is 1.78 bits per heavy atom. The van der Waals surface area contributed by atoms with E-state index in [0.29, 0.717) is 33.8 Å². The van der Waals surface area contributed by atoms with Gasteiger partial charge in [-0.3, -0.25) is 28.8 Å². The van der Waals surface area contributed by atoms with Gasteiger partial charge in [-0.05, 0) is 61.2 Å². The van der Waals surface area contributed by atoms with Crippen molar-refractivity contribution in [3.63, 3.8) is 0 Å². The lowest BCUT2D eigenvalue weighted by Crippen LogP contribution is -2.40. The van der Waals surface area contributed by atoms with Gasteiger partial charge in [0.25, 0.3) is 11.8 Å². The molecule has 0 saturated heterocycles. The monoisotopic (exact) mass is 692 g/mol. The molecule has 0 aliphatic carbocycles. The van der Waals surface area contributed by atoms with Crippen LogP contribution in [0.4, 0.5) is 5.69 Å². The highest BCUT2D eigenvalue weighted by Gasteiger charge is 2.20. The standard InChI is InChI=1S/C36H36N8O5S/c1-25-17-33(44(2)42-25)35(46)41-29-10-7-9-26(19-29)13-14-27-18-28(22-37-21-27)34(45)43-50(48,31-11-5-4-6-12-31)16-8-15-39-32(36(47)49-3)20-30-23-38-24-40-30/h4-7,9-12,16-19,21-24,32,39H,8,15,20H2,1-3H3,(H,38,40)(H,41,46)(H,43,45,48). The molecule has 2 unspecified atom stereocenters. The molecule has 13 nitrogen and oxygen atoms in total. The summed E-state index contributed by atoms with van der Waals surface area (Å²) < 4.78 is 23.4. The number of aromatic amines is 1. The summed E-state index contributed by atoms with van der Waals surface area (Å²) in [5.41, 5.74) is 3.75. The van der Waals surface area contributed by atoms with Gasteiger partial charge in [-0.1, -0.05) is 36.1 Å². The quantitative estimate of drug-likeness (QED) is 0.0664. The summed E-state index contributed by atoms with van der Waals surface area (Å²) >= 11 is 0. The Morgan fingerprint density at radius 1 is 0.980 bits per heavy atom. The number of ether oxygens (including phenoxy) is 1. The molecular formula is C36H36N8O5S. The summed E-state index contributed by atoms with van der Waals surface area (Å²) in [6.07, 6.45) is 6.64. The number of amides is 2. The number of rotatable bonds is 12. The second kappa shape index (κ2) is 16.4.